The van der Waals surface area contributed by atoms with E-state index in [1.807, 2.05) is 0 Å². The molecule has 1 aliphatic rings. The number of ether oxygens (including phenoxy) is 1. The Morgan fingerprint density at radius 3 is 2.11 bits per heavy atom. The van der Waals surface area contributed by atoms with Crippen LogP contribution in [0, 0.1) is 0 Å². The molecule has 0 N–H and O–H groups in total. The summed E-state index contributed by atoms with van der Waals surface area (Å²) in [5, 5.41) is 0. The van der Waals surface area contributed by atoms with Crippen LogP contribution in [0.3, 0.4) is 0 Å². The first-order valence-corrected chi connectivity index (χ1v) is 6.01. The topological polar surface area (TPSA) is 78.5 Å². The number of aromatic nitrogens is 3. The summed E-state index contributed by atoms with van der Waals surface area (Å²) in [7, 11) is 2.75. The van der Waals surface area contributed by atoms with Gasteiger partial charge in [0.2, 0.25) is 0 Å². The summed E-state index contributed by atoms with van der Waals surface area (Å²) in [6.07, 6.45) is 2.96. The zero-order chi connectivity index (χ0) is 13.3. The van der Waals surface area contributed by atoms with E-state index in [1.54, 1.807) is 0 Å². The Balaban J connectivity index is 2.14. The molecule has 0 aliphatic carbocycles. The van der Waals surface area contributed by atoms with Gasteiger partial charge in [0.1, 0.15) is 0 Å². The third-order valence-electron chi connectivity index (χ3n) is 3.17. The van der Waals surface area contributed by atoms with Gasteiger partial charge in [0.15, 0.2) is 0 Å². The summed E-state index contributed by atoms with van der Waals surface area (Å²) >= 11 is 0. The fraction of sp³-hybridized carbons (Fsp3) is 0.727. The number of rotatable bonds is 5. The minimum absolute atomic E-state index is 0.340. The third-order valence-corrected chi connectivity index (χ3v) is 3.17. The molecule has 0 bridgehead atoms. The Morgan fingerprint density at radius 2 is 1.61 bits per heavy atom. The number of epoxide rings is 1. The maximum absolute atomic E-state index is 11.8. The van der Waals surface area contributed by atoms with Crippen molar-refractivity contribution in [1.29, 1.82) is 0 Å². The molecule has 100 valence electrons. The Bertz CT molecular complexity index is 566. The predicted molar refractivity (Wildman–Crippen MR) is 64.8 cm³/mol. The summed E-state index contributed by atoms with van der Waals surface area (Å²) in [5.41, 5.74) is -1.69. The van der Waals surface area contributed by atoms with Gasteiger partial charge in [-0.25, -0.2) is 28.1 Å². The average Bonchev–Trinajstić information content (AvgIpc) is 3.17. The number of hydrogen-bond donors (Lipinski definition) is 0. The second-order valence-corrected chi connectivity index (χ2v) is 4.57. The van der Waals surface area contributed by atoms with Crippen LogP contribution in [-0.4, -0.2) is 26.4 Å². The molecule has 2 rings (SSSR count). The van der Waals surface area contributed by atoms with Crippen molar-refractivity contribution >= 4 is 0 Å². The summed E-state index contributed by atoms with van der Waals surface area (Å²) in [4.78, 5) is 35.1. The maximum Gasteiger partial charge on any atom is 0.336 e. The molecule has 0 aromatic carbocycles. The van der Waals surface area contributed by atoms with E-state index in [4.69, 9.17) is 4.74 Å². The zero-order valence-electron chi connectivity index (χ0n) is 10.6. The van der Waals surface area contributed by atoms with Crippen molar-refractivity contribution in [2.24, 2.45) is 14.1 Å². The quantitative estimate of drug-likeness (QED) is 0.490. The summed E-state index contributed by atoms with van der Waals surface area (Å²) in [6, 6.07) is 0. The first kappa shape index (κ1) is 12.8. The minimum atomic E-state index is -0.590. The van der Waals surface area contributed by atoms with Crippen molar-refractivity contribution in [2.45, 2.75) is 31.9 Å². The van der Waals surface area contributed by atoms with Gasteiger partial charge >= 0.3 is 17.1 Å². The van der Waals surface area contributed by atoms with Gasteiger partial charge < -0.3 is 4.74 Å². The highest BCUT2D eigenvalue weighted by Crippen LogP contribution is 2.16. The summed E-state index contributed by atoms with van der Waals surface area (Å²) in [5.74, 6) is 0. The Morgan fingerprint density at radius 1 is 1.06 bits per heavy atom. The Hall–Kier alpha value is -1.63. The van der Waals surface area contributed by atoms with Gasteiger partial charge in [0.25, 0.3) is 0 Å². The van der Waals surface area contributed by atoms with Gasteiger partial charge in [0, 0.05) is 20.6 Å². The first-order chi connectivity index (χ1) is 8.52. The van der Waals surface area contributed by atoms with E-state index in [0.29, 0.717) is 12.6 Å². The van der Waals surface area contributed by atoms with Gasteiger partial charge in [-0.3, -0.25) is 0 Å². The first-order valence-electron chi connectivity index (χ1n) is 6.01. The van der Waals surface area contributed by atoms with Crippen molar-refractivity contribution < 1.29 is 4.74 Å². The number of hydrogen-bond acceptors (Lipinski definition) is 4. The molecule has 0 radical (unpaired) electrons. The molecule has 1 atom stereocenters. The van der Waals surface area contributed by atoms with E-state index < -0.39 is 17.1 Å². The molecule has 2 heterocycles. The lowest BCUT2D eigenvalue weighted by molar-refractivity contribution is 0.383. The number of unbranched alkanes of at least 4 members (excludes halogenated alkanes) is 1. The zero-order valence-corrected chi connectivity index (χ0v) is 10.6. The largest absolute Gasteiger partial charge is 0.373 e. The van der Waals surface area contributed by atoms with Gasteiger partial charge in [-0.2, -0.15) is 0 Å². The molecule has 0 amide bonds. The van der Waals surface area contributed by atoms with Gasteiger partial charge in [0.05, 0.1) is 12.7 Å². The molecule has 7 heteroatoms. The highest BCUT2D eigenvalue weighted by molar-refractivity contribution is 4.76. The Kier molecular flexibility index (Phi) is 3.51. The van der Waals surface area contributed by atoms with Crippen LogP contribution in [0.4, 0.5) is 0 Å². The van der Waals surface area contributed by atoms with Crippen LogP contribution in [-0.2, 0) is 25.4 Å². The summed E-state index contributed by atoms with van der Waals surface area (Å²) < 4.78 is 8.09. The van der Waals surface area contributed by atoms with Crippen molar-refractivity contribution in [2.75, 3.05) is 6.61 Å². The third kappa shape index (κ3) is 2.45. The van der Waals surface area contributed by atoms with E-state index in [0.717, 1.165) is 39.6 Å². The second-order valence-electron chi connectivity index (χ2n) is 4.57. The van der Waals surface area contributed by atoms with Crippen molar-refractivity contribution in [3.05, 3.63) is 31.5 Å². The van der Waals surface area contributed by atoms with Crippen LogP contribution >= 0.6 is 0 Å². The van der Waals surface area contributed by atoms with E-state index in [1.165, 1.54) is 14.1 Å². The van der Waals surface area contributed by atoms with Gasteiger partial charge in [-0.15, -0.1) is 0 Å². The highest BCUT2D eigenvalue weighted by Gasteiger charge is 2.21. The van der Waals surface area contributed by atoms with Crippen molar-refractivity contribution in [1.82, 2.24) is 13.7 Å². The standard InChI is InChI=1S/C11H17N3O4/c1-12-9(15)13(2)11(17)14(10(12)16)6-4-3-5-8-7-18-8/h8H,3-7H2,1-2H3. The van der Waals surface area contributed by atoms with Crippen molar-refractivity contribution in [3.63, 3.8) is 0 Å². The predicted octanol–water partition coefficient (Wildman–Crippen LogP) is -1.19. The molecule has 7 nitrogen and oxygen atoms in total. The second kappa shape index (κ2) is 4.93. The van der Waals surface area contributed by atoms with E-state index in [9.17, 15) is 14.4 Å². The molecule has 1 aromatic rings. The monoisotopic (exact) mass is 255 g/mol. The van der Waals surface area contributed by atoms with E-state index in [2.05, 4.69) is 0 Å². The van der Waals surface area contributed by atoms with Crippen LogP contribution < -0.4 is 17.1 Å². The average molecular weight is 255 g/mol. The fourth-order valence-corrected chi connectivity index (χ4v) is 1.90. The molecular formula is C11H17N3O4. The van der Waals surface area contributed by atoms with Gasteiger partial charge in [-0.05, 0) is 19.3 Å². The van der Waals surface area contributed by atoms with Crippen LogP contribution in [0.2, 0.25) is 0 Å². The summed E-state index contributed by atoms with van der Waals surface area (Å²) in [6.45, 7) is 1.16. The van der Waals surface area contributed by atoms with Crippen LogP contribution in [0.25, 0.3) is 0 Å². The molecule has 0 saturated carbocycles. The lowest BCUT2D eigenvalue weighted by atomic mass is 10.2. The van der Waals surface area contributed by atoms with Crippen LogP contribution in [0.1, 0.15) is 19.3 Å². The van der Waals surface area contributed by atoms with Crippen LogP contribution in [0.15, 0.2) is 14.4 Å². The fourth-order valence-electron chi connectivity index (χ4n) is 1.90. The highest BCUT2D eigenvalue weighted by atomic mass is 16.6. The lowest BCUT2D eigenvalue weighted by Crippen LogP contribution is -2.52. The smallest absolute Gasteiger partial charge is 0.336 e. The van der Waals surface area contributed by atoms with Crippen LogP contribution in [0.5, 0.6) is 0 Å². The molecule has 18 heavy (non-hydrogen) atoms. The Labute approximate surface area is 103 Å². The van der Waals surface area contributed by atoms with E-state index >= 15 is 0 Å². The molecule has 1 unspecified atom stereocenters. The molecule has 1 fully saturated rings. The SMILES string of the molecule is Cn1c(=O)n(C)c(=O)n(CCCCC2CO2)c1=O. The molecule has 1 saturated heterocycles. The molecular weight excluding hydrogens is 238 g/mol. The molecule has 0 spiro atoms. The van der Waals surface area contributed by atoms with Crippen molar-refractivity contribution in [3.8, 4) is 0 Å². The van der Waals surface area contributed by atoms with Gasteiger partial charge in [-0.1, -0.05) is 0 Å². The molecule has 1 aromatic heterocycles. The number of nitrogens with zero attached hydrogens (tertiary/aromatic N) is 3. The van der Waals surface area contributed by atoms with E-state index in [-0.39, 0.29) is 0 Å². The molecule has 1 aliphatic heterocycles. The normalized spacial score (nSPS) is 18.0. The maximum atomic E-state index is 11.8. The lowest BCUT2D eigenvalue weighted by Gasteiger charge is -2.08. The minimum Gasteiger partial charge on any atom is -0.373 e.